The predicted octanol–water partition coefficient (Wildman–Crippen LogP) is 1.12. The number of hydrogen-bond donors (Lipinski definition) is 1. The van der Waals surface area contributed by atoms with Gasteiger partial charge in [0.15, 0.2) is 0 Å². The highest BCUT2D eigenvalue weighted by Gasteiger charge is 2.31. The number of nitrogens with zero attached hydrogens (tertiary/aromatic N) is 3. The van der Waals surface area contributed by atoms with Crippen LogP contribution in [-0.2, 0) is 4.79 Å². The summed E-state index contributed by atoms with van der Waals surface area (Å²) in [6.45, 7) is 2.50. The molecule has 1 unspecified atom stereocenters. The minimum atomic E-state index is 0.0643. The Morgan fingerprint density at radius 3 is 2.94 bits per heavy atom. The van der Waals surface area contributed by atoms with E-state index in [1.165, 1.54) is 0 Å². The molecule has 2 heterocycles. The van der Waals surface area contributed by atoms with Gasteiger partial charge in [0, 0.05) is 30.1 Å². The van der Waals surface area contributed by atoms with Crippen molar-refractivity contribution < 1.29 is 4.79 Å². The Bertz CT molecular complexity index is 403. The second-order valence-corrected chi connectivity index (χ2v) is 4.61. The molecule has 0 aromatic carbocycles. The summed E-state index contributed by atoms with van der Waals surface area (Å²) in [5, 5.41) is 0.816. The van der Waals surface area contributed by atoms with Crippen molar-refractivity contribution in [1.29, 1.82) is 0 Å². The van der Waals surface area contributed by atoms with E-state index in [4.69, 9.17) is 5.73 Å². The van der Waals surface area contributed by atoms with Crippen molar-refractivity contribution in [3.8, 4) is 0 Å². The molecule has 1 fully saturated rings. The van der Waals surface area contributed by atoms with Crippen molar-refractivity contribution in [3.63, 3.8) is 0 Å². The fraction of sp³-hybridized carbons (Fsp3) is 0.500. The van der Waals surface area contributed by atoms with E-state index in [1.54, 1.807) is 11.0 Å². The molecule has 1 amide bonds. The highest BCUT2D eigenvalue weighted by molar-refractivity contribution is 9.09. The van der Waals surface area contributed by atoms with Gasteiger partial charge >= 0.3 is 0 Å². The van der Waals surface area contributed by atoms with Gasteiger partial charge in [0.1, 0.15) is 5.82 Å². The third kappa shape index (κ3) is 2.16. The Kier molecular flexibility index (Phi) is 3.09. The van der Waals surface area contributed by atoms with Gasteiger partial charge in [0.05, 0.1) is 0 Å². The Hall–Kier alpha value is -1.17. The Morgan fingerprint density at radius 2 is 2.38 bits per heavy atom. The molecule has 86 valence electrons. The zero-order valence-electron chi connectivity index (χ0n) is 8.98. The molecule has 1 aliphatic rings. The highest BCUT2D eigenvalue weighted by Crippen LogP contribution is 2.24. The molecule has 2 N–H and O–H groups in total. The standard InChI is InChI=1S/C10H13BrN4O/c1-6-2-8(12)14-10(13-6)15-5-7(4-11)3-9(15)16/h2,7H,3-5H2,1H3,(H2,12,13,14). The van der Waals surface area contributed by atoms with Crippen molar-refractivity contribution in [1.82, 2.24) is 9.97 Å². The number of aryl methyl sites for hydroxylation is 1. The molecule has 16 heavy (non-hydrogen) atoms. The number of rotatable bonds is 2. The molecule has 1 aromatic rings. The van der Waals surface area contributed by atoms with E-state index >= 15 is 0 Å². The van der Waals surface area contributed by atoms with Gasteiger partial charge < -0.3 is 5.73 Å². The smallest absolute Gasteiger partial charge is 0.234 e. The molecule has 0 spiro atoms. The number of carbonyl (C=O) groups excluding carboxylic acids is 1. The van der Waals surface area contributed by atoms with Crippen LogP contribution in [-0.4, -0.2) is 27.7 Å². The van der Waals surface area contributed by atoms with E-state index in [1.807, 2.05) is 6.92 Å². The zero-order valence-corrected chi connectivity index (χ0v) is 10.6. The summed E-state index contributed by atoms with van der Waals surface area (Å²) in [6.07, 6.45) is 0.544. The maximum Gasteiger partial charge on any atom is 0.234 e. The van der Waals surface area contributed by atoms with E-state index in [0.717, 1.165) is 11.0 Å². The summed E-state index contributed by atoms with van der Waals surface area (Å²) in [6, 6.07) is 1.69. The number of amides is 1. The first-order valence-corrected chi connectivity index (χ1v) is 6.20. The summed E-state index contributed by atoms with van der Waals surface area (Å²) in [4.78, 5) is 21.7. The van der Waals surface area contributed by atoms with Crippen molar-refractivity contribution >= 4 is 33.6 Å². The molecule has 0 radical (unpaired) electrons. The second kappa shape index (κ2) is 4.37. The molecule has 1 atom stereocenters. The van der Waals surface area contributed by atoms with Gasteiger partial charge in [0.2, 0.25) is 11.9 Å². The lowest BCUT2D eigenvalue weighted by molar-refractivity contribution is -0.117. The SMILES string of the molecule is Cc1cc(N)nc(N2CC(CBr)CC2=O)n1. The summed E-state index contributed by atoms with van der Waals surface area (Å²) >= 11 is 3.39. The number of carbonyl (C=O) groups is 1. The summed E-state index contributed by atoms with van der Waals surface area (Å²) < 4.78 is 0. The lowest BCUT2D eigenvalue weighted by Gasteiger charge is -2.14. The third-order valence-electron chi connectivity index (χ3n) is 2.53. The van der Waals surface area contributed by atoms with Gasteiger partial charge in [-0.25, -0.2) is 4.98 Å². The van der Waals surface area contributed by atoms with Crippen LogP contribution in [0.3, 0.4) is 0 Å². The van der Waals surface area contributed by atoms with Gasteiger partial charge in [-0.3, -0.25) is 9.69 Å². The lowest BCUT2D eigenvalue weighted by atomic mass is 10.2. The topological polar surface area (TPSA) is 72.1 Å². The number of nitrogens with two attached hydrogens (primary N) is 1. The van der Waals surface area contributed by atoms with Crippen molar-refractivity contribution in [2.75, 3.05) is 22.5 Å². The molecule has 0 bridgehead atoms. The second-order valence-electron chi connectivity index (χ2n) is 3.96. The number of hydrogen-bond acceptors (Lipinski definition) is 4. The molecule has 0 aliphatic carbocycles. The molecule has 1 aromatic heterocycles. The molecule has 0 saturated carbocycles. The summed E-state index contributed by atoms with van der Waals surface area (Å²) in [5.41, 5.74) is 6.42. The first kappa shape index (κ1) is 11.3. The monoisotopic (exact) mass is 284 g/mol. The minimum absolute atomic E-state index is 0.0643. The average molecular weight is 285 g/mol. The van der Waals surface area contributed by atoms with Gasteiger partial charge in [-0.1, -0.05) is 15.9 Å². The van der Waals surface area contributed by atoms with E-state index in [9.17, 15) is 4.79 Å². The Labute approximate surface area is 102 Å². The van der Waals surface area contributed by atoms with Crippen molar-refractivity contribution in [2.45, 2.75) is 13.3 Å². The maximum atomic E-state index is 11.8. The first-order chi connectivity index (χ1) is 7.60. The molecular formula is C10H13BrN4O. The van der Waals surface area contributed by atoms with Crippen LogP contribution in [0.25, 0.3) is 0 Å². The molecule has 2 rings (SSSR count). The Morgan fingerprint density at radius 1 is 1.62 bits per heavy atom. The number of aromatic nitrogens is 2. The largest absolute Gasteiger partial charge is 0.384 e. The van der Waals surface area contributed by atoms with Gasteiger partial charge in [-0.15, -0.1) is 0 Å². The van der Waals surface area contributed by atoms with E-state index in [-0.39, 0.29) is 5.91 Å². The van der Waals surface area contributed by atoms with E-state index in [0.29, 0.717) is 30.6 Å². The predicted molar refractivity (Wildman–Crippen MR) is 65.4 cm³/mol. The summed E-state index contributed by atoms with van der Waals surface area (Å²) in [5.74, 6) is 1.22. The van der Waals surface area contributed by atoms with E-state index in [2.05, 4.69) is 25.9 Å². The van der Waals surface area contributed by atoms with Gasteiger partial charge in [0.25, 0.3) is 0 Å². The van der Waals surface area contributed by atoms with Crippen LogP contribution in [0.1, 0.15) is 12.1 Å². The maximum absolute atomic E-state index is 11.8. The fourth-order valence-electron chi connectivity index (χ4n) is 1.78. The molecule has 6 heteroatoms. The van der Waals surface area contributed by atoms with Crippen LogP contribution in [0.5, 0.6) is 0 Å². The van der Waals surface area contributed by atoms with Crippen molar-refractivity contribution in [3.05, 3.63) is 11.8 Å². The van der Waals surface area contributed by atoms with Crippen molar-refractivity contribution in [2.24, 2.45) is 5.92 Å². The number of halogens is 1. The van der Waals surface area contributed by atoms with Gasteiger partial charge in [-0.2, -0.15) is 4.98 Å². The van der Waals surface area contributed by atoms with Gasteiger partial charge in [-0.05, 0) is 12.8 Å². The van der Waals surface area contributed by atoms with Crippen LogP contribution >= 0.6 is 15.9 Å². The fourth-order valence-corrected chi connectivity index (χ4v) is 2.21. The average Bonchev–Trinajstić information content (AvgIpc) is 2.58. The molecule has 1 saturated heterocycles. The number of nitrogen functional groups attached to an aromatic ring is 1. The van der Waals surface area contributed by atoms with Crippen LogP contribution < -0.4 is 10.6 Å². The lowest BCUT2D eigenvalue weighted by Crippen LogP contribution is -2.27. The number of alkyl halides is 1. The zero-order chi connectivity index (χ0) is 11.7. The minimum Gasteiger partial charge on any atom is -0.384 e. The quantitative estimate of drug-likeness (QED) is 0.826. The number of anilines is 2. The molecule has 1 aliphatic heterocycles. The summed E-state index contributed by atoms with van der Waals surface area (Å²) in [7, 11) is 0. The molecular weight excluding hydrogens is 272 g/mol. The van der Waals surface area contributed by atoms with Crippen LogP contribution in [0.15, 0.2) is 6.07 Å². The van der Waals surface area contributed by atoms with Crippen LogP contribution in [0, 0.1) is 12.8 Å². The normalized spacial score (nSPS) is 20.5. The highest BCUT2D eigenvalue weighted by atomic mass is 79.9. The Balaban J connectivity index is 2.27. The third-order valence-corrected chi connectivity index (χ3v) is 3.44. The van der Waals surface area contributed by atoms with E-state index < -0.39 is 0 Å². The molecule has 5 nitrogen and oxygen atoms in total. The van der Waals surface area contributed by atoms with Crippen LogP contribution in [0.4, 0.5) is 11.8 Å². The first-order valence-electron chi connectivity index (χ1n) is 5.07. The van der Waals surface area contributed by atoms with Crippen LogP contribution in [0.2, 0.25) is 0 Å².